The van der Waals surface area contributed by atoms with Crippen LogP contribution in [0.2, 0.25) is 0 Å². The van der Waals surface area contributed by atoms with Crippen LogP contribution in [0.4, 0.5) is 5.82 Å². The minimum absolute atomic E-state index is 0.0279. The molecule has 1 aromatic heterocycles. The Morgan fingerprint density at radius 1 is 0.838 bits per heavy atom. The first-order chi connectivity index (χ1) is 18.1. The number of nitrogens with zero attached hydrogens (tertiary/aromatic N) is 1. The van der Waals surface area contributed by atoms with E-state index in [4.69, 9.17) is 4.74 Å². The number of benzene rings is 4. The monoisotopic (exact) mass is 489 g/mol. The van der Waals surface area contributed by atoms with Crippen molar-refractivity contribution in [2.45, 2.75) is 39.7 Å². The number of amides is 1. The Bertz CT molecular complexity index is 1490. The van der Waals surface area contributed by atoms with E-state index in [0.717, 1.165) is 57.3 Å². The molecule has 5 heteroatoms. The van der Waals surface area contributed by atoms with Crippen LogP contribution in [0.5, 0.6) is 5.75 Å². The van der Waals surface area contributed by atoms with Gasteiger partial charge in [0.15, 0.2) is 5.82 Å². The molecule has 1 heterocycles. The summed E-state index contributed by atoms with van der Waals surface area (Å²) in [6.07, 6.45) is 2.25. The Morgan fingerprint density at radius 2 is 1.51 bits per heavy atom. The lowest BCUT2D eigenvalue weighted by Crippen LogP contribution is -2.11. The molecule has 0 aliphatic rings. The molecule has 0 bridgehead atoms. The highest BCUT2D eigenvalue weighted by atomic mass is 16.5. The molecule has 0 aliphatic carbocycles. The van der Waals surface area contributed by atoms with Crippen molar-refractivity contribution in [1.82, 2.24) is 10.2 Å². The minimum Gasteiger partial charge on any atom is -0.489 e. The van der Waals surface area contributed by atoms with E-state index in [0.29, 0.717) is 18.8 Å². The number of aromatic amines is 1. The lowest BCUT2D eigenvalue weighted by atomic mass is 9.92. The summed E-state index contributed by atoms with van der Waals surface area (Å²) in [5.41, 5.74) is 7.67. The van der Waals surface area contributed by atoms with Gasteiger partial charge in [-0.3, -0.25) is 9.89 Å². The fraction of sp³-hybridized carbons (Fsp3) is 0.188. The number of rotatable bonds is 9. The number of carbonyl (C=O) groups is 1. The van der Waals surface area contributed by atoms with Crippen molar-refractivity contribution < 1.29 is 9.53 Å². The van der Waals surface area contributed by atoms with Gasteiger partial charge in [0.2, 0.25) is 5.91 Å². The Morgan fingerprint density at radius 3 is 2.19 bits per heavy atom. The molecule has 0 aliphatic heterocycles. The first-order valence-corrected chi connectivity index (χ1v) is 12.8. The topological polar surface area (TPSA) is 67.0 Å². The first-order valence-electron chi connectivity index (χ1n) is 12.8. The van der Waals surface area contributed by atoms with E-state index in [9.17, 15) is 4.79 Å². The van der Waals surface area contributed by atoms with Gasteiger partial charge < -0.3 is 10.1 Å². The number of hydrogen-bond donors (Lipinski definition) is 2. The molecule has 0 saturated carbocycles. The number of fused-ring (bicyclic) bond motifs is 1. The summed E-state index contributed by atoms with van der Waals surface area (Å²) >= 11 is 0. The molecule has 1 amide bonds. The largest absolute Gasteiger partial charge is 0.489 e. The average molecular weight is 490 g/mol. The maximum atomic E-state index is 12.3. The van der Waals surface area contributed by atoms with Crippen molar-refractivity contribution >= 4 is 22.6 Å². The highest BCUT2D eigenvalue weighted by Crippen LogP contribution is 2.38. The summed E-state index contributed by atoms with van der Waals surface area (Å²) in [5.74, 6) is 1.36. The molecule has 0 radical (unpaired) electrons. The van der Waals surface area contributed by atoms with Gasteiger partial charge in [-0.15, -0.1) is 0 Å². The molecular weight excluding hydrogens is 458 g/mol. The van der Waals surface area contributed by atoms with Crippen LogP contribution in [0.3, 0.4) is 0 Å². The summed E-state index contributed by atoms with van der Waals surface area (Å²) in [7, 11) is 0. The maximum absolute atomic E-state index is 12.3. The van der Waals surface area contributed by atoms with Crippen molar-refractivity contribution in [3.63, 3.8) is 0 Å². The summed E-state index contributed by atoms with van der Waals surface area (Å²) in [5, 5.41) is 11.4. The van der Waals surface area contributed by atoms with Crippen molar-refractivity contribution in [2.75, 3.05) is 5.32 Å². The minimum atomic E-state index is -0.0279. The van der Waals surface area contributed by atoms with E-state index >= 15 is 0 Å². The fourth-order valence-corrected chi connectivity index (χ4v) is 4.45. The van der Waals surface area contributed by atoms with E-state index in [1.807, 2.05) is 37.3 Å². The van der Waals surface area contributed by atoms with Crippen LogP contribution in [0.15, 0.2) is 91.0 Å². The van der Waals surface area contributed by atoms with Crippen molar-refractivity contribution in [3.8, 4) is 28.0 Å². The number of hydrogen-bond acceptors (Lipinski definition) is 3. The summed E-state index contributed by atoms with van der Waals surface area (Å²) in [4.78, 5) is 12.3. The molecule has 5 nitrogen and oxygen atoms in total. The molecule has 5 rings (SSSR count). The smallest absolute Gasteiger partial charge is 0.225 e. The molecule has 0 atom stereocenters. The summed E-state index contributed by atoms with van der Waals surface area (Å²) in [6.45, 7) is 4.68. The number of ether oxygens (including phenoxy) is 1. The lowest BCUT2D eigenvalue weighted by molar-refractivity contribution is -0.116. The third-order valence-corrected chi connectivity index (χ3v) is 6.52. The zero-order chi connectivity index (χ0) is 25.6. The highest BCUT2D eigenvalue weighted by Gasteiger charge is 2.15. The number of aromatic nitrogens is 2. The third kappa shape index (κ3) is 5.56. The SMILES string of the molecule is CCCC(=O)Nc1n[nH]c2cc(-c3ccc(OCc4ccccc4)cc3)c(-c3ccc(CC)cc3)cc12. The van der Waals surface area contributed by atoms with Crippen LogP contribution < -0.4 is 10.1 Å². The fourth-order valence-electron chi connectivity index (χ4n) is 4.45. The normalized spacial score (nSPS) is 11.0. The molecule has 2 N–H and O–H groups in total. The zero-order valence-electron chi connectivity index (χ0n) is 21.3. The second-order valence-electron chi connectivity index (χ2n) is 9.16. The van der Waals surface area contributed by atoms with Gasteiger partial charge in [0, 0.05) is 11.8 Å². The number of carbonyl (C=O) groups excluding carboxylic acids is 1. The van der Waals surface area contributed by atoms with E-state index < -0.39 is 0 Å². The Balaban J connectivity index is 1.51. The summed E-state index contributed by atoms with van der Waals surface area (Å²) in [6, 6.07) is 31.3. The van der Waals surface area contributed by atoms with Gasteiger partial charge in [-0.05, 0) is 70.5 Å². The maximum Gasteiger partial charge on any atom is 0.225 e. The molecule has 186 valence electrons. The number of H-pyrrole nitrogens is 1. The van der Waals surface area contributed by atoms with Gasteiger partial charge in [0.25, 0.3) is 0 Å². The van der Waals surface area contributed by atoms with E-state index in [1.54, 1.807) is 0 Å². The van der Waals surface area contributed by atoms with Crippen LogP contribution in [0, 0.1) is 0 Å². The van der Waals surface area contributed by atoms with Crippen LogP contribution in [-0.2, 0) is 17.8 Å². The number of anilines is 1. The second kappa shape index (κ2) is 11.1. The van der Waals surface area contributed by atoms with Gasteiger partial charge in [0.1, 0.15) is 12.4 Å². The Hall–Kier alpha value is -4.38. The van der Waals surface area contributed by atoms with Gasteiger partial charge >= 0.3 is 0 Å². The summed E-state index contributed by atoms with van der Waals surface area (Å²) < 4.78 is 6.00. The second-order valence-corrected chi connectivity index (χ2v) is 9.16. The molecule has 0 fully saturated rings. The van der Waals surface area contributed by atoms with Crippen molar-refractivity contribution in [3.05, 3.63) is 102 Å². The Kier molecular flexibility index (Phi) is 7.31. The van der Waals surface area contributed by atoms with Crippen molar-refractivity contribution in [1.29, 1.82) is 0 Å². The molecular formula is C32H31N3O2. The molecule has 0 unspecified atom stereocenters. The number of nitrogens with one attached hydrogen (secondary N) is 2. The quantitative estimate of drug-likeness (QED) is 0.222. The zero-order valence-corrected chi connectivity index (χ0v) is 21.3. The van der Waals surface area contributed by atoms with E-state index in [-0.39, 0.29) is 5.91 Å². The van der Waals surface area contributed by atoms with Gasteiger partial charge in [-0.2, -0.15) is 5.10 Å². The lowest BCUT2D eigenvalue weighted by Gasteiger charge is -2.13. The van der Waals surface area contributed by atoms with Crippen molar-refractivity contribution in [2.24, 2.45) is 0 Å². The van der Waals surface area contributed by atoms with Crippen LogP contribution >= 0.6 is 0 Å². The molecule has 0 spiro atoms. The molecule has 37 heavy (non-hydrogen) atoms. The average Bonchev–Trinajstić information content (AvgIpc) is 3.33. The van der Waals surface area contributed by atoms with E-state index in [2.05, 4.69) is 83.1 Å². The highest BCUT2D eigenvalue weighted by molar-refractivity contribution is 6.04. The van der Waals surface area contributed by atoms with Gasteiger partial charge in [0.05, 0.1) is 5.52 Å². The molecule has 4 aromatic carbocycles. The molecule has 5 aromatic rings. The standard InChI is InChI=1S/C32H31N3O2/c1-3-8-31(36)33-32-29-19-27(24-13-11-22(4-2)12-14-24)28(20-30(29)34-35-32)25-15-17-26(18-16-25)37-21-23-9-6-5-7-10-23/h5-7,9-20H,3-4,8,21H2,1-2H3,(H2,33,34,35,36). The van der Waals surface area contributed by atoms with Gasteiger partial charge in [-0.25, -0.2) is 0 Å². The van der Waals surface area contributed by atoms with Crippen LogP contribution in [-0.4, -0.2) is 16.1 Å². The Labute approximate surface area is 217 Å². The third-order valence-electron chi connectivity index (χ3n) is 6.52. The first kappa shape index (κ1) is 24.3. The number of aryl methyl sites for hydroxylation is 1. The predicted octanol–water partition coefficient (Wildman–Crippen LogP) is 7.78. The van der Waals surface area contributed by atoms with Crippen LogP contribution in [0.25, 0.3) is 33.2 Å². The van der Waals surface area contributed by atoms with E-state index in [1.165, 1.54) is 5.56 Å². The molecule has 0 saturated heterocycles. The predicted molar refractivity (Wildman–Crippen MR) is 151 cm³/mol. The van der Waals surface area contributed by atoms with Gasteiger partial charge in [-0.1, -0.05) is 80.6 Å². The van der Waals surface area contributed by atoms with Crippen LogP contribution in [0.1, 0.15) is 37.8 Å².